The fraction of sp³-hybridized carbons (Fsp3) is 0.600. The Morgan fingerprint density at radius 2 is 1.83 bits per heavy atom. The molecule has 1 aliphatic heterocycles. The number of halogens is 5. The van der Waals surface area contributed by atoms with E-state index in [9.17, 15) is 8.78 Å². The van der Waals surface area contributed by atoms with Crippen molar-refractivity contribution in [2.75, 3.05) is 26.2 Å². The van der Waals surface area contributed by atoms with E-state index in [0.29, 0.717) is 22.3 Å². The lowest BCUT2D eigenvalue weighted by atomic mass is 10.2. The summed E-state index contributed by atoms with van der Waals surface area (Å²) in [5.41, 5.74) is 0. The van der Waals surface area contributed by atoms with Gasteiger partial charge in [-0.1, -0.05) is 11.6 Å². The summed E-state index contributed by atoms with van der Waals surface area (Å²) in [5, 5.41) is 3.16. The number of thiophene rings is 1. The largest absolute Gasteiger partial charge is 0.314 e. The molecule has 8 heteroatoms. The van der Waals surface area contributed by atoms with Crippen LogP contribution in [-0.4, -0.2) is 37.5 Å². The summed E-state index contributed by atoms with van der Waals surface area (Å²) in [5.74, 6) is 0. The normalized spacial score (nSPS) is 18.0. The first kappa shape index (κ1) is 18.4. The molecule has 2 heterocycles. The van der Waals surface area contributed by atoms with Crippen molar-refractivity contribution in [2.45, 2.75) is 12.5 Å². The first-order chi connectivity index (χ1) is 7.68. The molecule has 1 N–H and O–H groups in total. The van der Waals surface area contributed by atoms with Crippen LogP contribution in [0.5, 0.6) is 0 Å². The van der Waals surface area contributed by atoms with Gasteiger partial charge in [-0.05, 0) is 12.1 Å². The zero-order valence-electron chi connectivity index (χ0n) is 9.44. The molecule has 1 aromatic heterocycles. The Morgan fingerprint density at radius 1 is 1.22 bits per heavy atom. The number of piperazine rings is 1. The molecular formula is C10H15Cl3F2N2S. The zero-order valence-corrected chi connectivity index (χ0v) is 12.6. The predicted octanol–water partition coefficient (Wildman–Crippen LogP) is 3.46. The molecule has 18 heavy (non-hydrogen) atoms. The molecule has 0 aromatic carbocycles. The molecule has 0 saturated carbocycles. The molecule has 1 saturated heterocycles. The lowest BCUT2D eigenvalue weighted by Gasteiger charge is -2.33. The maximum Gasteiger partial charge on any atom is 0.258 e. The molecule has 1 aromatic rings. The third-order valence-corrected chi connectivity index (χ3v) is 3.97. The summed E-state index contributed by atoms with van der Waals surface area (Å²) >= 11 is 7.03. The van der Waals surface area contributed by atoms with Gasteiger partial charge >= 0.3 is 0 Å². The second kappa shape index (κ2) is 8.51. The third-order valence-electron chi connectivity index (χ3n) is 2.67. The molecule has 2 nitrogen and oxygen atoms in total. The quantitative estimate of drug-likeness (QED) is 0.907. The molecular weight excluding hydrogens is 325 g/mol. The van der Waals surface area contributed by atoms with Crippen LogP contribution in [-0.2, 0) is 0 Å². The van der Waals surface area contributed by atoms with Gasteiger partial charge in [0.15, 0.2) is 0 Å². The average Bonchev–Trinajstić information content (AvgIpc) is 2.66. The van der Waals surface area contributed by atoms with Crippen LogP contribution in [0.4, 0.5) is 8.78 Å². The van der Waals surface area contributed by atoms with E-state index in [1.165, 1.54) is 11.3 Å². The molecule has 0 aliphatic carbocycles. The number of rotatable bonds is 3. The standard InChI is InChI=1S/C10H13ClF2N2S.2ClH/c11-8-2-1-7(16-8)9(10(12)13)15-5-3-14-4-6-15;;/h1-2,9-10,14H,3-6H2;2*1H/t9-;;/m0../s1. The van der Waals surface area contributed by atoms with Crippen molar-refractivity contribution >= 4 is 47.8 Å². The van der Waals surface area contributed by atoms with Gasteiger partial charge in [-0.15, -0.1) is 36.2 Å². The summed E-state index contributed by atoms with van der Waals surface area (Å²) in [6, 6.07) is 2.57. The van der Waals surface area contributed by atoms with Crippen LogP contribution in [0.3, 0.4) is 0 Å². The van der Waals surface area contributed by atoms with Gasteiger partial charge in [-0.25, -0.2) is 8.78 Å². The highest BCUT2D eigenvalue weighted by atomic mass is 35.5. The van der Waals surface area contributed by atoms with Crippen LogP contribution in [0.25, 0.3) is 0 Å². The lowest BCUT2D eigenvalue weighted by molar-refractivity contribution is 0.0200. The maximum atomic E-state index is 13.1. The van der Waals surface area contributed by atoms with Crippen molar-refractivity contribution in [1.82, 2.24) is 10.2 Å². The van der Waals surface area contributed by atoms with E-state index >= 15 is 0 Å². The summed E-state index contributed by atoms with van der Waals surface area (Å²) in [6.45, 7) is 2.85. The van der Waals surface area contributed by atoms with Crippen molar-refractivity contribution in [3.05, 3.63) is 21.3 Å². The highest BCUT2D eigenvalue weighted by molar-refractivity contribution is 7.16. The number of hydrogen-bond donors (Lipinski definition) is 1. The van der Waals surface area contributed by atoms with Gasteiger partial charge in [0.1, 0.15) is 6.04 Å². The summed E-state index contributed by atoms with van der Waals surface area (Å²) in [6.07, 6.45) is -2.37. The SMILES string of the molecule is Cl.Cl.FC(F)[C@H](c1ccc(Cl)s1)N1CCNCC1. The first-order valence-corrected chi connectivity index (χ1v) is 6.36. The minimum absolute atomic E-state index is 0. The average molecular weight is 340 g/mol. The Kier molecular flexibility index (Phi) is 8.67. The Bertz CT molecular complexity index is 346. The second-order valence-corrected chi connectivity index (χ2v) is 5.45. The van der Waals surface area contributed by atoms with Gasteiger partial charge in [0.2, 0.25) is 0 Å². The number of alkyl halides is 2. The molecule has 1 atom stereocenters. The molecule has 106 valence electrons. The van der Waals surface area contributed by atoms with E-state index in [1.54, 1.807) is 12.1 Å². The smallest absolute Gasteiger partial charge is 0.258 e. The summed E-state index contributed by atoms with van der Waals surface area (Å²) < 4.78 is 26.7. The van der Waals surface area contributed by atoms with E-state index in [2.05, 4.69) is 5.32 Å². The number of nitrogens with zero attached hydrogens (tertiary/aromatic N) is 1. The van der Waals surface area contributed by atoms with E-state index in [-0.39, 0.29) is 24.8 Å². The highest BCUT2D eigenvalue weighted by Crippen LogP contribution is 2.34. The van der Waals surface area contributed by atoms with Gasteiger partial charge in [-0.3, -0.25) is 4.90 Å². The van der Waals surface area contributed by atoms with Crippen LogP contribution in [0.1, 0.15) is 10.9 Å². The Labute approximate surface area is 127 Å². The van der Waals surface area contributed by atoms with Crippen LogP contribution in [0.15, 0.2) is 12.1 Å². The number of hydrogen-bond acceptors (Lipinski definition) is 3. The number of nitrogens with one attached hydrogen (secondary N) is 1. The molecule has 0 radical (unpaired) electrons. The molecule has 0 amide bonds. The highest BCUT2D eigenvalue weighted by Gasteiger charge is 2.31. The molecule has 1 fully saturated rings. The van der Waals surface area contributed by atoms with Gasteiger partial charge in [0, 0.05) is 31.1 Å². The fourth-order valence-electron chi connectivity index (χ4n) is 1.91. The van der Waals surface area contributed by atoms with Gasteiger partial charge in [0.25, 0.3) is 6.43 Å². The second-order valence-electron chi connectivity index (χ2n) is 3.71. The van der Waals surface area contributed by atoms with Crippen LogP contribution in [0.2, 0.25) is 4.34 Å². The summed E-state index contributed by atoms with van der Waals surface area (Å²) in [4.78, 5) is 2.48. The van der Waals surface area contributed by atoms with Crippen LogP contribution in [0, 0.1) is 0 Å². The van der Waals surface area contributed by atoms with E-state index in [1.807, 2.05) is 4.90 Å². The lowest BCUT2D eigenvalue weighted by Crippen LogP contribution is -2.46. The van der Waals surface area contributed by atoms with Crippen molar-refractivity contribution in [1.29, 1.82) is 0 Å². The zero-order chi connectivity index (χ0) is 11.5. The Morgan fingerprint density at radius 3 is 2.28 bits per heavy atom. The topological polar surface area (TPSA) is 15.3 Å². The summed E-state index contributed by atoms with van der Waals surface area (Å²) in [7, 11) is 0. The van der Waals surface area contributed by atoms with Gasteiger partial charge < -0.3 is 5.32 Å². The van der Waals surface area contributed by atoms with Crippen molar-refractivity contribution in [3.63, 3.8) is 0 Å². The Hall–Kier alpha value is 0.350. The van der Waals surface area contributed by atoms with Crippen molar-refractivity contribution in [3.8, 4) is 0 Å². The van der Waals surface area contributed by atoms with E-state index in [4.69, 9.17) is 11.6 Å². The van der Waals surface area contributed by atoms with E-state index < -0.39 is 12.5 Å². The minimum atomic E-state index is -2.37. The predicted molar refractivity (Wildman–Crippen MR) is 77.0 cm³/mol. The molecule has 2 rings (SSSR count). The monoisotopic (exact) mass is 338 g/mol. The third kappa shape index (κ3) is 4.47. The molecule has 0 bridgehead atoms. The fourth-order valence-corrected chi connectivity index (χ4v) is 3.11. The Balaban J connectivity index is 0.00000144. The van der Waals surface area contributed by atoms with Gasteiger partial charge in [0.05, 0.1) is 4.34 Å². The van der Waals surface area contributed by atoms with E-state index in [0.717, 1.165) is 13.1 Å². The van der Waals surface area contributed by atoms with Crippen molar-refractivity contribution < 1.29 is 8.78 Å². The molecule has 0 unspecified atom stereocenters. The van der Waals surface area contributed by atoms with Crippen LogP contribution < -0.4 is 5.32 Å². The van der Waals surface area contributed by atoms with Crippen molar-refractivity contribution in [2.24, 2.45) is 0 Å². The molecule has 1 aliphatic rings. The maximum absolute atomic E-state index is 13.1. The molecule has 0 spiro atoms. The first-order valence-electron chi connectivity index (χ1n) is 5.16. The minimum Gasteiger partial charge on any atom is -0.314 e. The van der Waals surface area contributed by atoms with Crippen LogP contribution >= 0.6 is 47.8 Å². The van der Waals surface area contributed by atoms with Gasteiger partial charge in [-0.2, -0.15) is 0 Å².